The first-order chi connectivity index (χ1) is 9.82. The molecule has 0 saturated heterocycles. The van der Waals surface area contributed by atoms with E-state index in [0.29, 0.717) is 22.8 Å². The van der Waals surface area contributed by atoms with Gasteiger partial charge in [0.1, 0.15) is 6.33 Å². The summed E-state index contributed by atoms with van der Waals surface area (Å²) < 4.78 is 3.17. The normalized spacial score (nSPS) is 12.4. The molecule has 0 aliphatic carbocycles. The van der Waals surface area contributed by atoms with Crippen molar-refractivity contribution >= 4 is 5.97 Å². The highest BCUT2D eigenvalue weighted by Gasteiger charge is 2.21. The van der Waals surface area contributed by atoms with Crippen LogP contribution in [0.3, 0.4) is 0 Å². The van der Waals surface area contributed by atoms with Crippen LogP contribution in [0.2, 0.25) is 0 Å². The summed E-state index contributed by atoms with van der Waals surface area (Å²) in [7, 11) is 1.78. The molecule has 0 fully saturated rings. The molecule has 2 aromatic rings. The van der Waals surface area contributed by atoms with Gasteiger partial charge in [0.05, 0.1) is 12.5 Å². The van der Waals surface area contributed by atoms with Crippen LogP contribution in [-0.4, -0.2) is 35.4 Å². The maximum Gasteiger partial charge on any atom is 0.348 e. The highest BCUT2D eigenvalue weighted by atomic mass is 16.4. The van der Waals surface area contributed by atoms with Gasteiger partial charge in [-0.3, -0.25) is 9.36 Å². The Morgan fingerprint density at radius 2 is 2.10 bits per heavy atom. The molecule has 0 aliphatic heterocycles. The number of rotatable bonds is 4. The SMILES string of the molecule is Cc1nc(=O)n(C(C)c2nncn2C)c(C)c1CC(=O)O. The summed E-state index contributed by atoms with van der Waals surface area (Å²) in [5, 5.41) is 16.8. The predicted octanol–water partition coefficient (Wildman–Crippen LogP) is 0.225. The van der Waals surface area contributed by atoms with Gasteiger partial charge in [0, 0.05) is 24.0 Å². The summed E-state index contributed by atoms with van der Waals surface area (Å²) in [6.07, 6.45) is 1.38. The summed E-state index contributed by atoms with van der Waals surface area (Å²) >= 11 is 0. The van der Waals surface area contributed by atoms with Crippen molar-refractivity contribution in [3.05, 3.63) is 39.6 Å². The smallest absolute Gasteiger partial charge is 0.348 e. The van der Waals surface area contributed by atoms with Crippen LogP contribution < -0.4 is 5.69 Å². The fraction of sp³-hybridized carbons (Fsp3) is 0.462. The van der Waals surface area contributed by atoms with E-state index in [1.54, 1.807) is 38.7 Å². The molecule has 2 aromatic heterocycles. The molecule has 112 valence electrons. The van der Waals surface area contributed by atoms with Crippen LogP contribution in [0, 0.1) is 13.8 Å². The van der Waals surface area contributed by atoms with Crippen molar-refractivity contribution in [2.75, 3.05) is 0 Å². The Labute approximate surface area is 121 Å². The third-order valence-electron chi connectivity index (χ3n) is 3.54. The monoisotopic (exact) mass is 291 g/mol. The average molecular weight is 291 g/mol. The number of aromatic nitrogens is 5. The first-order valence-corrected chi connectivity index (χ1v) is 6.47. The molecule has 1 N–H and O–H groups in total. The first kappa shape index (κ1) is 14.9. The van der Waals surface area contributed by atoms with E-state index in [4.69, 9.17) is 5.11 Å². The van der Waals surface area contributed by atoms with Gasteiger partial charge in [0.25, 0.3) is 0 Å². The lowest BCUT2D eigenvalue weighted by Gasteiger charge is -2.19. The topological polar surface area (TPSA) is 103 Å². The number of aliphatic carboxylic acids is 1. The maximum absolute atomic E-state index is 12.2. The molecular formula is C13H17N5O3. The molecule has 0 radical (unpaired) electrons. The van der Waals surface area contributed by atoms with Gasteiger partial charge in [-0.25, -0.2) is 4.79 Å². The number of aryl methyl sites for hydroxylation is 2. The van der Waals surface area contributed by atoms with E-state index >= 15 is 0 Å². The van der Waals surface area contributed by atoms with Gasteiger partial charge in [-0.05, 0) is 20.8 Å². The second-order valence-electron chi connectivity index (χ2n) is 4.96. The lowest BCUT2D eigenvalue weighted by Crippen LogP contribution is -2.32. The Morgan fingerprint density at radius 1 is 1.43 bits per heavy atom. The van der Waals surface area contributed by atoms with Crippen LogP contribution in [0.25, 0.3) is 0 Å². The zero-order valence-electron chi connectivity index (χ0n) is 12.4. The van der Waals surface area contributed by atoms with Crippen molar-refractivity contribution in [3.63, 3.8) is 0 Å². The maximum atomic E-state index is 12.2. The molecule has 0 saturated carbocycles. The molecule has 0 bridgehead atoms. The predicted molar refractivity (Wildman–Crippen MR) is 74.1 cm³/mol. The molecule has 2 heterocycles. The number of carboxylic acid groups (broad SMARTS) is 1. The fourth-order valence-electron chi connectivity index (χ4n) is 2.46. The zero-order valence-corrected chi connectivity index (χ0v) is 12.4. The largest absolute Gasteiger partial charge is 0.481 e. The van der Waals surface area contributed by atoms with E-state index in [9.17, 15) is 9.59 Å². The van der Waals surface area contributed by atoms with Crippen LogP contribution in [0.1, 0.15) is 35.7 Å². The van der Waals surface area contributed by atoms with Gasteiger partial charge in [0.15, 0.2) is 5.82 Å². The molecule has 2 rings (SSSR count). The van der Waals surface area contributed by atoms with E-state index in [0.717, 1.165) is 0 Å². The number of carboxylic acids is 1. The highest BCUT2D eigenvalue weighted by Crippen LogP contribution is 2.18. The van der Waals surface area contributed by atoms with Crippen LogP contribution >= 0.6 is 0 Å². The summed E-state index contributed by atoms with van der Waals surface area (Å²) in [4.78, 5) is 27.1. The van der Waals surface area contributed by atoms with Crippen molar-refractivity contribution in [1.82, 2.24) is 24.3 Å². The van der Waals surface area contributed by atoms with Gasteiger partial charge < -0.3 is 9.67 Å². The Kier molecular flexibility index (Phi) is 3.88. The molecule has 1 unspecified atom stereocenters. The lowest BCUT2D eigenvalue weighted by atomic mass is 10.1. The van der Waals surface area contributed by atoms with Gasteiger partial charge in [-0.15, -0.1) is 10.2 Å². The van der Waals surface area contributed by atoms with Gasteiger partial charge in [-0.1, -0.05) is 0 Å². The Bertz CT molecular complexity index is 747. The number of carbonyl (C=O) groups is 1. The molecular weight excluding hydrogens is 274 g/mol. The third kappa shape index (κ3) is 2.69. The summed E-state index contributed by atoms with van der Waals surface area (Å²) in [6.45, 7) is 5.17. The number of nitrogens with zero attached hydrogens (tertiary/aromatic N) is 5. The Hall–Kier alpha value is -2.51. The molecule has 0 aromatic carbocycles. The average Bonchev–Trinajstić information content (AvgIpc) is 2.80. The van der Waals surface area contributed by atoms with Gasteiger partial charge in [-0.2, -0.15) is 4.98 Å². The molecule has 1 atom stereocenters. The van der Waals surface area contributed by atoms with Crippen LogP contribution in [-0.2, 0) is 18.3 Å². The summed E-state index contributed by atoms with van der Waals surface area (Å²) in [5.74, 6) is -0.355. The molecule has 0 amide bonds. The Balaban J connectivity index is 2.61. The molecule has 0 aliphatic rings. The van der Waals surface area contributed by atoms with Crippen molar-refractivity contribution in [3.8, 4) is 0 Å². The lowest BCUT2D eigenvalue weighted by molar-refractivity contribution is -0.136. The summed E-state index contributed by atoms with van der Waals surface area (Å²) in [5.41, 5.74) is 1.16. The quantitative estimate of drug-likeness (QED) is 0.864. The second-order valence-corrected chi connectivity index (χ2v) is 4.96. The van der Waals surface area contributed by atoms with E-state index in [-0.39, 0.29) is 12.5 Å². The van der Waals surface area contributed by atoms with Crippen molar-refractivity contribution < 1.29 is 9.90 Å². The minimum atomic E-state index is -0.959. The number of hydrogen-bond donors (Lipinski definition) is 1. The summed E-state index contributed by atoms with van der Waals surface area (Å²) in [6, 6.07) is -0.384. The van der Waals surface area contributed by atoms with Crippen LogP contribution in [0.5, 0.6) is 0 Å². The van der Waals surface area contributed by atoms with E-state index < -0.39 is 11.7 Å². The van der Waals surface area contributed by atoms with Crippen LogP contribution in [0.4, 0.5) is 0 Å². The second kappa shape index (κ2) is 5.47. The first-order valence-electron chi connectivity index (χ1n) is 6.47. The number of hydrogen-bond acceptors (Lipinski definition) is 5. The zero-order chi connectivity index (χ0) is 15.7. The van der Waals surface area contributed by atoms with E-state index in [2.05, 4.69) is 15.2 Å². The molecule has 21 heavy (non-hydrogen) atoms. The van der Waals surface area contributed by atoms with Crippen molar-refractivity contribution in [2.45, 2.75) is 33.2 Å². The minimum Gasteiger partial charge on any atom is -0.481 e. The van der Waals surface area contributed by atoms with Crippen LogP contribution in [0.15, 0.2) is 11.1 Å². The minimum absolute atomic E-state index is 0.170. The standard InChI is InChI=1S/C13H17N5O3/c1-7-10(5-11(19)20)8(2)18(13(21)15-7)9(3)12-16-14-6-17(12)4/h6,9H,5H2,1-4H3,(H,19,20). The van der Waals surface area contributed by atoms with E-state index in [1.165, 1.54) is 4.57 Å². The van der Waals surface area contributed by atoms with Crippen molar-refractivity contribution in [1.29, 1.82) is 0 Å². The van der Waals surface area contributed by atoms with Crippen molar-refractivity contribution in [2.24, 2.45) is 7.05 Å². The van der Waals surface area contributed by atoms with Gasteiger partial charge >= 0.3 is 11.7 Å². The fourth-order valence-corrected chi connectivity index (χ4v) is 2.46. The Morgan fingerprint density at radius 3 is 2.62 bits per heavy atom. The van der Waals surface area contributed by atoms with Gasteiger partial charge in [0.2, 0.25) is 0 Å². The third-order valence-corrected chi connectivity index (χ3v) is 3.54. The molecule has 8 nitrogen and oxygen atoms in total. The highest BCUT2D eigenvalue weighted by molar-refractivity contribution is 5.70. The molecule has 0 spiro atoms. The van der Waals surface area contributed by atoms with E-state index in [1.807, 2.05) is 0 Å². The molecule has 8 heteroatoms.